The van der Waals surface area contributed by atoms with Gasteiger partial charge in [0.1, 0.15) is 59.3 Å². The van der Waals surface area contributed by atoms with Crippen LogP contribution in [0.4, 0.5) is 0 Å². The highest BCUT2D eigenvalue weighted by atomic mass is 16.7. The third-order valence-electron chi connectivity index (χ3n) is 11.3. The van der Waals surface area contributed by atoms with E-state index in [1.165, 1.54) is 53.2 Å². The van der Waals surface area contributed by atoms with E-state index in [-0.39, 0.29) is 45.6 Å². The van der Waals surface area contributed by atoms with E-state index in [4.69, 9.17) is 28.4 Å². The third-order valence-corrected chi connectivity index (χ3v) is 11.3. The summed E-state index contributed by atoms with van der Waals surface area (Å²) in [5.41, 5.74) is -4.93. The molecule has 0 amide bonds. The van der Waals surface area contributed by atoms with Gasteiger partial charge in [-0.3, -0.25) is 9.59 Å². The Labute approximate surface area is 287 Å². The maximum atomic E-state index is 14.6. The van der Waals surface area contributed by atoms with Gasteiger partial charge in [-0.2, -0.15) is 0 Å². The number of aliphatic hydroxyl groups excluding tert-OH is 3. The Morgan fingerprint density at radius 2 is 1.62 bits per heavy atom. The van der Waals surface area contributed by atoms with E-state index in [1.54, 1.807) is 14.0 Å². The first-order valence-electron chi connectivity index (χ1n) is 16.5. The fourth-order valence-corrected chi connectivity index (χ4v) is 8.59. The number of likely N-dealkylation sites (N-methyl/N-ethyl adjacent to an activating group) is 1. The minimum atomic E-state index is -1.84. The Morgan fingerprint density at radius 3 is 2.26 bits per heavy atom. The van der Waals surface area contributed by atoms with Gasteiger partial charge in [-0.25, -0.2) is 0 Å². The first-order valence-corrected chi connectivity index (χ1v) is 16.5. The molecule has 3 aliphatic heterocycles. The molecule has 2 aromatic carbocycles. The van der Waals surface area contributed by atoms with E-state index in [2.05, 4.69) is 5.32 Å². The molecule has 13 unspecified atom stereocenters. The van der Waals surface area contributed by atoms with Crippen molar-refractivity contribution in [1.82, 2.24) is 5.32 Å². The summed E-state index contributed by atoms with van der Waals surface area (Å²) in [4.78, 5) is 28.7. The number of fused-ring (bicyclic) bond motifs is 8. The number of phenols is 1. The lowest BCUT2D eigenvalue weighted by molar-refractivity contribution is -0.345. The highest BCUT2D eigenvalue weighted by Crippen LogP contribution is 2.53. The van der Waals surface area contributed by atoms with Gasteiger partial charge in [0.25, 0.3) is 0 Å². The minimum absolute atomic E-state index is 0.0169. The summed E-state index contributed by atoms with van der Waals surface area (Å²) in [6, 6.07) is 3.58. The van der Waals surface area contributed by atoms with Crippen molar-refractivity contribution in [2.75, 3.05) is 21.3 Å². The fourth-order valence-electron chi connectivity index (χ4n) is 8.59. The zero-order chi connectivity index (χ0) is 36.4. The van der Waals surface area contributed by atoms with E-state index in [0.717, 1.165) is 0 Å². The zero-order valence-corrected chi connectivity index (χ0v) is 28.7. The second kappa shape index (κ2) is 11.7. The normalized spacial score (nSPS) is 41.8. The number of hydrogen-bond acceptors (Lipinski definition) is 15. The summed E-state index contributed by atoms with van der Waals surface area (Å²) >= 11 is 0. The molecule has 13 atom stereocenters. The Balaban J connectivity index is 1.37. The summed E-state index contributed by atoms with van der Waals surface area (Å²) in [7, 11) is 4.21. The largest absolute Gasteiger partial charge is 0.507 e. The Morgan fingerprint density at radius 1 is 0.940 bits per heavy atom. The van der Waals surface area contributed by atoms with Crippen molar-refractivity contribution in [3.8, 4) is 11.5 Å². The molecule has 15 nitrogen and oxygen atoms in total. The molecule has 3 heterocycles. The van der Waals surface area contributed by atoms with Crippen LogP contribution in [0.1, 0.15) is 82.3 Å². The van der Waals surface area contributed by atoms with Gasteiger partial charge in [0, 0.05) is 42.9 Å². The van der Waals surface area contributed by atoms with Crippen molar-refractivity contribution in [2.45, 2.75) is 112 Å². The average molecular weight is 702 g/mol. The molecule has 2 fully saturated rings. The van der Waals surface area contributed by atoms with Crippen molar-refractivity contribution in [1.29, 1.82) is 0 Å². The number of nitrogens with one attached hydrogen (secondary N) is 1. The highest BCUT2D eigenvalue weighted by molar-refractivity contribution is 6.30. The molecule has 0 aromatic heterocycles. The number of aliphatic hydroxyl groups is 5. The van der Waals surface area contributed by atoms with Gasteiger partial charge >= 0.3 is 0 Å². The number of benzene rings is 2. The van der Waals surface area contributed by atoms with Crippen molar-refractivity contribution >= 4 is 11.6 Å². The Hall–Kier alpha value is -3.06. The van der Waals surface area contributed by atoms with Crippen LogP contribution in [-0.2, 0) is 35.7 Å². The van der Waals surface area contributed by atoms with Crippen LogP contribution in [-0.4, -0.2) is 130 Å². The number of phenolic OH excluding ortho intramolecular Hbond substituents is 1. The molecule has 0 saturated carbocycles. The molecular weight excluding hydrogens is 658 g/mol. The van der Waals surface area contributed by atoms with Crippen LogP contribution in [0.5, 0.6) is 11.5 Å². The lowest BCUT2D eigenvalue weighted by Crippen LogP contribution is -2.68. The summed E-state index contributed by atoms with van der Waals surface area (Å²) in [5, 5.41) is 70.6. The predicted octanol–water partition coefficient (Wildman–Crippen LogP) is -0.307. The standard InChI is InChI=1S/C35H43NO14/c1-12-27(41)34(3,44)30(46-7)32(47-12)49-26-17-13(11-33(2,43)29(26)45-6)10-15-18(22(17)38)23(39)19-14(21(15)37)8-9-16-25(19)48-31-24(40)20(36-5)28(42)35(16,4)50-31/h8-10,12,20,24,26-32,36,38,40-44H,11H2,1-7H3. The fraction of sp³-hybridized carbons (Fsp3) is 0.600. The van der Waals surface area contributed by atoms with E-state index in [1.807, 2.05) is 0 Å². The van der Waals surface area contributed by atoms with Crippen LogP contribution < -0.4 is 10.1 Å². The molecule has 0 spiro atoms. The summed E-state index contributed by atoms with van der Waals surface area (Å²) in [6.45, 7) is 6.01. The molecular formula is C35H43NO14. The van der Waals surface area contributed by atoms with Gasteiger partial charge in [-0.15, -0.1) is 0 Å². The lowest BCUT2D eigenvalue weighted by atomic mass is 9.71. The molecule has 7 rings (SSSR count). The maximum absolute atomic E-state index is 14.6. The number of ketones is 2. The van der Waals surface area contributed by atoms with Gasteiger partial charge in [-0.1, -0.05) is 6.07 Å². The number of ether oxygens (including phenoxy) is 6. The molecule has 15 heteroatoms. The van der Waals surface area contributed by atoms with Crippen LogP contribution >= 0.6 is 0 Å². The van der Waals surface area contributed by atoms with Crippen LogP contribution in [0.2, 0.25) is 0 Å². The van der Waals surface area contributed by atoms with Crippen molar-refractivity contribution < 1.29 is 68.6 Å². The number of methoxy groups -OCH3 is 2. The van der Waals surface area contributed by atoms with Gasteiger partial charge in [-0.05, 0) is 52.4 Å². The van der Waals surface area contributed by atoms with E-state index >= 15 is 0 Å². The second-order valence-electron chi connectivity index (χ2n) is 14.5. The zero-order valence-electron chi connectivity index (χ0n) is 28.7. The molecule has 2 aliphatic carbocycles. The number of rotatable bonds is 5. The van der Waals surface area contributed by atoms with Gasteiger partial charge < -0.3 is 64.4 Å². The first kappa shape index (κ1) is 35.3. The van der Waals surface area contributed by atoms with Crippen LogP contribution in [0, 0.1) is 0 Å². The lowest BCUT2D eigenvalue weighted by Gasteiger charge is -2.52. The van der Waals surface area contributed by atoms with Gasteiger partial charge in [0.05, 0.1) is 28.9 Å². The average Bonchev–Trinajstić information content (AvgIpc) is 3.04. The molecule has 0 radical (unpaired) electrons. The summed E-state index contributed by atoms with van der Waals surface area (Å²) < 4.78 is 35.6. The molecule has 272 valence electrons. The van der Waals surface area contributed by atoms with Gasteiger partial charge in [0.15, 0.2) is 12.1 Å². The highest BCUT2D eigenvalue weighted by Gasteiger charge is 2.59. The van der Waals surface area contributed by atoms with Crippen molar-refractivity contribution in [3.63, 3.8) is 0 Å². The number of carbonyl (C=O) groups excluding carboxylic acids is 2. The smallest absolute Gasteiger partial charge is 0.228 e. The van der Waals surface area contributed by atoms with Crippen LogP contribution in [0.25, 0.3) is 0 Å². The van der Waals surface area contributed by atoms with E-state index < -0.39 is 95.5 Å². The molecule has 2 bridgehead atoms. The SMILES string of the molecule is CNC1C(O)C2Oc3c(ccc4c3C(=O)c3c(cc5c(c3O)C(OC3OC(C)C(O)C(C)(O)C3OC)C(OC)C(C)(O)C5)C4=O)C(C)(O2)C1O. The molecule has 50 heavy (non-hydrogen) atoms. The number of carbonyl (C=O) groups is 2. The number of aromatic hydroxyl groups is 1. The first-order chi connectivity index (χ1) is 23.4. The summed E-state index contributed by atoms with van der Waals surface area (Å²) in [5.74, 6) is -2.03. The van der Waals surface area contributed by atoms with Crippen molar-refractivity contribution in [2.24, 2.45) is 0 Å². The Kier molecular flexibility index (Phi) is 8.29. The van der Waals surface area contributed by atoms with E-state index in [9.17, 15) is 40.2 Å². The van der Waals surface area contributed by atoms with Crippen LogP contribution in [0.15, 0.2) is 18.2 Å². The molecule has 7 N–H and O–H groups in total. The minimum Gasteiger partial charge on any atom is -0.507 e. The van der Waals surface area contributed by atoms with Gasteiger partial charge in [0.2, 0.25) is 12.1 Å². The quantitative estimate of drug-likeness (QED) is 0.181. The van der Waals surface area contributed by atoms with Crippen molar-refractivity contribution in [3.05, 3.63) is 57.1 Å². The van der Waals surface area contributed by atoms with Crippen LogP contribution in [0.3, 0.4) is 0 Å². The topological polar surface area (TPSA) is 223 Å². The second-order valence-corrected chi connectivity index (χ2v) is 14.5. The Bertz CT molecular complexity index is 1760. The molecule has 2 aromatic rings. The third kappa shape index (κ3) is 4.70. The monoisotopic (exact) mass is 701 g/mol. The van der Waals surface area contributed by atoms with E-state index in [0.29, 0.717) is 5.56 Å². The number of hydrogen-bond donors (Lipinski definition) is 7. The maximum Gasteiger partial charge on any atom is 0.228 e. The molecule has 5 aliphatic rings. The summed E-state index contributed by atoms with van der Waals surface area (Å²) in [6.07, 6.45) is -11.4. The molecule has 2 saturated heterocycles. The predicted molar refractivity (Wildman–Crippen MR) is 170 cm³/mol.